The Labute approximate surface area is 219 Å². The van der Waals surface area contributed by atoms with Gasteiger partial charge in [0.1, 0.15) is 12.4 Å². The molecule has 6 nitrogen and oxygen atoms in total. The van der Waals surface area contributed by atoms with Gasteiger partial charge in [-0.1, -0.05) is 60.6 Å². The zero-order chi connectivity index (χ0) is 25.3. The molecule has 0 atom stereocenters. The molecule has 0 saturated heterocycles. The van der Waals surface area contributed by atoms with E-state index >= 15 is 0 Å². The molecule has 0 spiro atoms. The number of hydrogen-bond acceptors (Lipinski definition) is 6. The molecular formula is C27H26ClFN4O2S. The Balaban J connectivity index is 1.50. The van der Waals surface area contributed by atoms with Crippen molar-refractivity contribution in [2.24, 2.45) is 5.10 Å². The third-order valence-corrected chi connectivity index (χ3v) is 6.52. The molecule has 0 aliphatic rings. The maximum absolute atomic E-state index is 13.9. The molecule has 1 heterocycles. The number of thioether (sulfide) groups is 1. The minimum absolute atomic E-state index is 0.103. The smallest absolute Gasteiger partial charge is 0.212 e. The van der Waals surface area contributed by atoms with Crippen molar-refractivity contribution in [1.29, 1.82) is 0 Å². The summed E-state index contributed by atoms with van der Waals surface area (Å²) < 4.78 is 27.0. The van der Waals surface area contributed by atoms with Crippen molar-refractivity contribution in [2.45, 2.75) is 37.3 Å². The molecule has 0 aliphatic carbocycles. The molecule has 0 radical (unpaired) electrons. The fraction of sp³-hybridized carbons (Fsp3) is 0.222. The monoisotopic (exact) mass is 524 g/mol. The lowest BCUT2D eigenvalue weighted by Gasteiger charge is -2.12. The molecule has 1 aromatic heterocycles. The summed E-state index contributed by atoms with van der Waals surface area (Å²) in [5.41, 5.74) is 2.43. The Morgan fingerprint density at radius 3 is 2.61 bits per heavy atom. The van der Waals surface area contributed by atoms with E-state index in [0.29, 0.717) is 27.2 Å². The van der Waals surface area contributed by atoms with Crippen LogP contribution in [-0.4, -0.2) is 28.2 Å². The molecular weight excluding hydrogens is 499 g/mol. The van der Waals surface area contributed by atoms with Gasteiger partial charge in [-0.2, -0.15) is 9.78 Å². The van der Waals surface area contributed by atoms with Gasteiger partial charge in [0, 0.05) is 22.8 Å². The summed E-state index contributed by atoms with van der Waals surface area (Å²) in [7, 11) is 1.57. The van der Waals surface area contributed by atoms with Gasteiger partial charge >= 0.3 is 0 Å². The van der Waals surface area contributed by atoms with Crippen LogP contribution in [-0.2, 0) is 18.8 Å². The van der Waals surface area contributed by atoms with Gasteiger partial charge in [-0.3, -0.25) is 0 Å². The van der Waals surface area contributed by atoms with Crippen LogP contribution in [0.3, 0.4) is 0 Å². The van der Waals surface area contributed by atoms with E-state index in [0.717, 1.165) is 35.5 Å². The molecule has 36 heavy (non-hydrogen) atoms. The van der Waals surface area contributed by atoms with Gasteiger partial charge < -0.3 is 9.47 Å². The van der Waals surface area contributed by atoms with E-state index in [1.165, 1.54) is 6.07 Å². The van der Waals surface area contributed by atoms with Gasteiger partial charge in [-0.15, -0.1) is 10.2 Å². The van der Waals surface area contributed by atoms with Crippen LogP contribution in [0.25, 0.3) is 0 Å². The molecule has 9 heteroatoms. The van der Waals surface area contributed by atoms with Crippen molar-refractivity contribution in [1.82, 2.24) is 14.9 Å². The first-order chi connectivity index (χ1) is 17.6. The van der Waals surface area contributed by atoms with Crippen molar-refractivity contribution < 1.29 is 13.9 Å². The standard InChI is InChI=1S/C27H26ClFN4O2S/c1-3-6-26-31-32-27(36-18-19-9-12-22(28)13-10-19)33(26)30-16-20-11-14-24(25(15-20)34-2)35-17-21-7-4-5-8-23(21)29/h4-5,7-16H,3,6,17-18H2,1-2H3/b30-16-. The van der Waals surface area contributed by atoms with Gasteiger partial charge in [0.2, 0.25) is 5.16 Å². The van der Waals surface area contributed by atoms with E-state index in [9.17, 15) is 4.39 Å². The van der Waals surface area contributed by atoms with E-state index in [1.54, 1.807) is 54.0 Å². The van der Waals surface area contributed by atoms with Crippen LogP contribution >= 0.6 is 23.4 Å². The van der Waals surface area contributed by atoms with Gasteiger partial charge in [0.15, 0.2) is 17.3 Å². The highest BCUT2D eigenvalue weighted by molar-refractivity contribution is 7.98. The second-order valence-corrected chi connectivity index (χ2v) is 9.29. The number of aromatic nitrogens is 3. The molecule has 0 bridgehead atoms. The third-order valence-electron chi connectivity index (χ3n) is 5.28. The van der Waals surface area contributed by atoms with Crippen LogP contribution in [0.2, 0.25) is 5.02 Å². The summed E-state index contributed by atoms with van der Waals surface area (Å²) in [5.74, 6) is 2.27. The zero-order valence-corrected chi connectivity index (χ0v) is 21.6. The predicted octanol–water partition coefficient (Wildman–Crippen LogP) is 6.79. The van der Waals surface area contributed by atoms with Gasteiger partial charge in [-0.05, 0) is 53.9 Å². The second kappa shape index (κ2) is 12.6. The van der Waals surface area contributed by atoms with E-state index in [2.05, 4.69) is 22.2 Å². The van der Waals surface area contributed by atoms with Crippen molar-refractivity contribution in [3.05, 3.63) is 100 Å². The molecule has 4 rings (SSSR count). The predicted molar refractivity (Wildman–Crippen MR) is 142 cm³/mol. The number of benzene rings is 3. The number of hydrogen-bond donors (Lipinski definition) is 0. The summed E-state index contributed by atoms with van der Waals surface area (Å²) in [6.07, 6.45) is 3.42. The first-order valence-electron chi connectivity index (χ1n) is 11.5. The number of ether oxygens (including phenoxy) is 2. The largest absolute Gasteiger partial charge is 0.493 e. The highest BCUT2D eigenvalue weighted by atomic mass is 35.5. The van der Waals surface area contributed by atoms with Crippen LogP contribution in [0.5, 0.6) is 11.5 Å². The van der Waals surface area contributed by atoms with Gasteiger partial charge in [0.05, 0.1) is 13.3 Å². The Kier molecular flexibility index (Phi) is 8.97. The lowest BCUT2D eigenvalue weighted by atomic mass is 10.2. The van der Waals surface area contributed by atoms with Crippen LogP contribution in [0, 0.1) is 5.82 Å². The van der Waals surface area contributed by atoms with Gasteiger partial charge in [-0.25, -0.2) is 4.39 Å². The van der Waals surface area contributed by atoms with E-state index in [-0.39, 0.29) is 12.4 Å². The lowest BCUT2D eigenvalue weighted by Crippen LogP contribution is -2.02. The molecule has 186 valence electrons. The van der Waals surface area contributed by atoms with Crippen LogP contribution in [0.4, 0.5) is 4.39 Å². The fourth-order valence-electron chi connectivity index (χ4n) is 3.39. The summed E-state index contributed by atoms with van der Waals surface area (Å²) in [6.45, 7) is 2.19. The highest BCUT2D eigenvalue weighted by Gasteiger charge is 2.12. The normalized spacial score (nSPS) is 11.2. The molecule has 0 unspecified atom stereocenters. The molecule has 0 fully saturated rings. The lowest BCUT2D eigenvalue weighted by molar-refractivity contribution is 0.279. The number of aryl methyl sites for hydroxylation is 1. The fourth-order valence-corrected chi connectivity index (χ4v) is 4.38. The zero-order valence-electron chi connectivity index (χ0n) is 20.0. The molecule has 4 aromatic rings. The maximum Gasteiger partial charge on any atom is 0.212 e. The topological polar surface area (TPSA) is 61.5 Å². The van der Waals surface area contributed by atoms with Crippen molar-refractivity contribution in [2.75, 3.05) is 7.11 Å². The Hall–Kier alpha value is -3.36. The molecule has 0 N–H and O–H groups in total. The summed E-state index contributed by atoms with van der Waals surface area (Å²) in [4.78, 5) is 0. The highest BCUT2D eigenvalue weighted by Crippen LogP contribution is 2.29. The third kappa shape index (κ3) is 6.65. The van der Waals surface area contributed by atoms with Crippen molar-refractivity contribution >= 4 is 29.6 Å². The van der Waals surface area contributed by atoms with E-state index in [1.807, 2.05) is 36.4 Å². The quantitative estimate of drug-likeness (QED) is 0.160. The summed E-state index contributed by atoms with van der Waals surface area (Å²) in [6, 6.07) is 19.7. The van der Waals surface area contributed by atoms with Crippen LogP contribution in [0.1, 0.15) is 35.9 Å². The number of halogens is 2. The first kappa shape index (κ1) is 25.7. The molecule has 0 saturated carbocycles. The van der Waals surface area contributed by atoms with E-state index in [4.69, 9.17) is 21.1 Å². The van der Waals surface area contributed by atoms with E-state index < -0.39 is 0 Å². The van der Waals surface area contributed by atoms with Crippen LogP contribution < -0.4 is 9.47 Å². The first-order valence-corrected chi connectivity index (χ1v) is 12.8. The maximum atomic E-state index is 13.9. The van der Waals surface area contributed by atoms with Crippen LogP contribution in [0.15, 0.2) is 77.0 Å². The SMILES string of the molecule is CCCc1nnc(SCc2ccc(Cl)cc2)n1/N=C\c1ccc(OCc2ccccc2F)c(OC)c1. The second-order valence-electron chi connectivity index (χ2n) is 7.91. The minimum Gasteiger partial charge on any atom is -0.493 e. The Morgan fingerprint density at radius 2 is 1.86 bits per heavy atom. The molecule has 0 amide bonds. The average molecular weight is 525 g/mol. The summed E-state index contributed by atoms with van der Waals surface area (Å²) in [5, 5.41) is 14.8. The molecule has 0 aliphatic heterocycles. The number of methoxy groups -OCH3 is 1. The number of rotatable bonds is 11. The Morgan fingerprint density at radius 1 is 1.06 bits per heavy atom. The average Bonchev–Trinajstić information content (AvgIpc) is 3.28. The Bertz CT molecular complexity index is 1330. The van der Waals surface area contributed by atoms with Crippen molar-refractivity contribution in [3.63, 3.8) is 0 Å². The van der Waals surface area contributed by atoms with Gasteiger partial charge in [0.25, 0.3) is 0 Å². The summed E-state index contributed by atoms with van der Waals surface area (Å²) >= 11 is 7.55. The minimum atomic E-state index is -0.304. The molecule has 3 aromatic carbocycles. The van der Waals surface area contributed by atoms with Crippen molar-refractivity contribution in [3.8, 4) is 11.5 Å². The number of nitrogens with zero attached hydrogens (tertiary/aromatic N) is 4.